The first-order valence-electron chi connectivity index (χ1n) is 8.04. The number of fused-ring (bicyclic) bond motifs is 2. The van der Waals surface area contributed by atoms with Crippen molar-refractivity contribution in [3.8, 4) is 11.5 Å². The monoisotopic (exact) mass is 308 g/mol. The van der Waals surface area contributed by atoms with Crippen LogP contribution in [-0.2, 0) is 0 Å². The van der Waals surface area contributed by atoms with Gasteiger partial charge in [-0.3, -0.25) is 0 Å². The number of aryl methyl sites for hydroxylation is 2. The van der Waals surface area contributed by atoms with E-state index in [4.69, 9.17) is 9.47 Å². The molecule has 0 saturated heterocycles. The van der Waals surface area contributed by atoms with E-state index in [1.54, 1.807) is 0 Å². The fourth-order valence-corrected chi connectivity index (χ4v) is 2.39. The lowest BCUT2D eigenvalue weighted by molar-refractivity contribution is 0.174. The van der Waals surface area contributed by atoms with Crippen molar-refractivity contribution < 1.29 is 9.47 Å². The molecule has 0 spiro atoms. The number of hydrogen-bond donors (Lipinski definition) is 0. The summed E-state index contributed by atoms with van der Waals surface area (Å²) >= 11 is 0. The molecule has 0 radical (unpaired) electrons. The van der Waals surface area contributed by atoms with Crippen LogP contribution in [0.3, 0.4) is 0 Å². The molecule has 0 unspecified atom stereocenters. The Kier molecular flexibility index (Phi) is 6.04. The maximum Gasteiger partial charge on any atom is 0.231 e. The van der Waals surface area contributed by atoms with Gasteiger partial charge in [-0.05, 0) is 47.9 Å². The van der Waals surface area contributed by atoms with Crippen LogP contribution >= 0.6 is 0 Å². The van der Waals surface area contributed by atoms with Crippen LogP contribution in [0.15, 0.2) is 60.7 Å². The molecule has 3 aromatic carbocycles. The molecule has 120 valence electrons. The molecule has 0 bridgehead atoms. The highest BCUT2D eigenvalue weighted by Crippen LogP contribution is 2.31. The summed E-state index contributed by atoms with van der Waals surface area (Å²) in [5, 5.41) is 2.68. The Morgan fingerprint density at radius 3 is 2.22 bits per heavy atom. The summed E-state index contributed by atoms with van der Waals surface area (Å²) in [5.41, 5.74) is 2.55. The topological polar surface area (TPSA) is 18.5 Å². The molecule has 0 amide bonds. The van der Waals surface area contributed by atoms with E-state index in [0.29, 0.717) is 6.79 Å². The molecule has 1 aliphatic rings. The summed E-state index contributed by atoms with van der Waals surface area (Å²) in [7, 11) is 0. The Balaban J connectivity index is 0.000000152. The van der Waals surface area contributed by atoms with Gasteiger partial charge in [-0.25, -0.2) is 0 Å². The van der Waals surface area contributed by atoms with Crippen molar-refractivity contribution in [1.29, 1.82) is 0 Å². The summed E-state index contributed by atoms with van der Waals surface area (Å²) in [6.07, 6.45) is 0. The normalized spacial score (nSPS) is 11.1. The van der Waals surface area contributed by atoms with E-state index in [0.717, 1.165) is 11.5 Å². The van der Waals surface area contributed by atoms with E-state index in [1.165, 1.54) is 21.9 Å². The van der Waals surface area contributed by atoms with E-state index in [2.05, 4.69) is 49.4 Å². The van der Waals surface area contributed by atoms with Crippen molar-refractivity contribution in [1.82, 2.24) is 0 Å². The first kappa shape index (κ1) is 16.9. The first-order valence-corrected chi connectivity index (χ1v) is 8.04. The molecule has 2 nitrogen and oxygen atoms in total. The molecule has 2 heteroatoms. The molecule has 0 fully saturated rings. The van der Waals surface area contributed by atoms with Crippen LogP contribution in [0.5, 0.6) is 11.5 Å². The van der Waals surface area contributed by atoms with Crippen LogP contribution in [0.25, 0.3) is 10.8 Å². The summed E-state index contributed by atoms with van der Waals surface area (Å²) in [5.74, 6) is 1.71. The molecule has 1 aliphatic heterocycles. The van der Waals surface area contributed by atoms with E-state index in [1.807, 2.05) is 39.0 Å². The first-order chi connectivity index (χ1) is 11.2. The standard InChI is InChI=1S/C11H10.C8H8O2.C2H6/c1-9-5-4-7-10-6-2-3-8-11(9)10;1-6-2-3-7-8(4-6)10-5-9-7;1-2/h2-8H,1H3;2-4H,5H2,1H3;1-2H3. The number of hydrogen-bond acceptors (Lipinski definition) is 2. The van der Waals surface area contributed by atoms with Crippen LogP contribution in [0.4, 0.5) is 0 Å². The zero-order valence-corrected chi connectivity index (χ0v) is 14.3. The average molecular weight is 308 g/mol. The maximum atomic E-state index is 5.16. The van der Waals surface area contributed by atoms with Crippen molar-refractivity contribution >= 4 is 10.8 Å². The minimum atomic E-state index is 0.360. The number of ether oxygens (including phenoxy) is 2. The Labute approximate surface area is 138 Å². The van der Waals surface area contributed by atoms with Crippen LogP contribution in [0.2, 0.25) is 0 Å². The van der Waals surface area contributed by atoms with Crippen LogP contribution in [-0.4, -0.2) is 6.79 Å². The molecular weight excluding hydrogens is 284 g/mol. The zero-order chi connectivity index (χ0) is 16.7. The van der Waals surface area contributed by atoms with E-state index in [9.17, 15) is 0 Å². The fourth-order valence-electron chi connectivity index (χ4n) is 2.39. The minimum absolute atomic E-state index is 0.360. The molecule has 4 rings (SSSR count). The number of benzene rings is 3. The van der Waals surface area contributed by atoms with Crippen molar-refractivity contribution in [3.63, 3.8) is 0 Å². The molecule has 0 saturated carbocycles. The second-order valence-corrected chi connectivity index (χ2v) is 5.15. The van der Waals surface area contributed by atoms with E-state index < -0.39 is 0 Å². The second-order valence-electron chi connectivity index (χ2n) is 5.15. The molecule has 1 heterocycles. The summed E-state index contributed by atoms with van der Waals surface area (Å²) in [6.45, 7) is 8.53. The average Bonchev–Trinajstić information content (AvgIpc) is 3.05. The Hall–Kier alpha value is -2.48. The van der Waals surface area contributed by atoms with Crippen molar-refractivity contribution in [2.45, 2.75) is 27.7 Å². The molecule has 23 heavy (non-hydrogen) atoms. The fraction of sp³-hybridized carbons (Fsp3) is 0.238. The van der Waals surface area contributed by atoms with Gasteiger partial charge in [0.2, 0.25) is 6.79 Å². The highest BCUT2D eigenvalue weighted by molar-refractivity contribution is 5.85. The van der Waals surface area contributed by atoms with Gasteiger partial charge in [0.25, 0.3) is 0 Å². The third kappa shape index (κ3) is 4.26. The zero-order valence-electron chi connectivity index (χ0n) is 14.3. The van der Waals surface area contributed by atoms with Gasteiger partial charge in [0, 0.05) is 0 Å². The van der Waals surface area contributed by atoms with Crippen LogP contribution in [0, 0.1) is 13.8 Å². The van der Waals surface area contributed by atoms with E-state index >= 15 is 0 Å². The highest BCUT2D eigenvalue weighted by Gasteiger charge is 2.11. The summed E-state index contributed by atoms with van der Waals surface area (Å²) in [4.78, 5) is 0. The molecule has 0 N–H and O–H groups in total. The lowest BCUT2D eigenvalue weighted by atomic mass is 10.1. The predicted molar refractivity (Wildman–Crippen MR) is 97.3 cm³/mol. The Morgan fingerprint density at radius 2 is 1.43 bits per heavy atom. The third-order valence-corrected chi connectivity index (χ3v) is 3.54. The lowest BCUT2D eigenvalue weighted by Crippen LogP contribution is -1.92. The highest BCUT2D eigenvalue weighted by atomic mass is 16.7. The van der Waals surface area contributed by atoms with Crippen molar-refractivity contribution in [2.75, 3.05) is 6.79 Å². The summed E-state index contributed by atoms with van der Waals surface area (Å²) in [6, 6.07) is 20.7. The SMILES string of the molecule is CC.Cc1ccc2c(c1)OCO2.Cc1cccc2ccccc12. The van der Waals surface area contributed by atoms with Crippen LogP contribution in [0.1, 0.15) is 25.0 Å². The quantitative estimate of drug-likeness (QED) is 0.515. The summed E-state index contributed by atoms with van der Waals surface area (Å²) < 4.78 is 10.3. The minimum Gasteiger partial charge on any atom is -0.454 e. The smallest absolute Gasteiger partial charge is 0.231 e. The molecule has 0 aromatic heterocycles. The van der Waals surface area contributed by atoms with Gasteiger partial charge in [-0.2, -0.15) is 0 Å². The van der Waals surface area contributed by atoms with Crippen molar-refractivity contribution in [3.05, 3.63) is 71.8 Å². The predicted octanol–water partition coefficient (Wildman–Crippen LogP) is 5.90. The van der Waals surface area contributed by atoms with Gasteiger partial charge in [0.1, 0.15) is 0 Å². The van der Waals surface area contributed by atoms with Gasteiger partial charge in [-0.15, -0.1) is 0 Å². The van der Waals surface area contributed by atoms with Crippen LogP contribution < -0.4 is 9.47 Å². The maximum absolute atomic E-state index is 5.16. The van der Waals surface area contributed by atoms with Gasteiger partial charge >= 0.3 is 0 Å². The van der Waals surface area contributed by atoms with Crippen molar-refractivity contribution in [2.24, 2.45) is 0 Å². The van der Waals surface area contributed by atoms with Gasteiger partial charge in [-0.1, -0.05) is 62.4 Å². The molecule has 0 atom stereocenters. The largest absolute Gasteiger partial charge is 0.454 e. The van der Waals surface area contributed by atoms with Gasteiger partial charge in [0.15, 0.2) is 11.5 Å². The molecule has 3 aromatic rings. The lowest BCUT2D eigenvalue weighted by Gasteiger charge is -1.98. The Morgan fingerprint density at radius 1 is 0.739 bits per heavy atom. The molecular formula is C21H24O2. The third-order valence-electron chi connectivity index (χ3n) is 3.54. The van der Waals surface area contributed by atoms with E-state index in [-0.39, 0.29) is 0 Å². The Bertz CT molecular complexity index is 757. The van der Waals surface area contributed by atoms with Gasteiger partial charge < -0.3 is 9.47 Å². The second kappa shape index (κ2) is 8.23. The molecule has 0 aliphatic carbocycles. The van der Waals surface area contributed by atoms with Gasteiger partial charge in [0.05, 0.1) is 0 Å². The number of rotatable bonds is 0.